The molecule has 0 fully saturated rings. The van der Waals surface area contributed by atoms with Crippen molar-refractivity contribution >= 4 is 11.6 Å². The maximum atomic E-state index is 13.6. The number of hydrogen-bond donors (Lipinski definition) is 1. The normalized spacial score (nSPS) is 12.7. The Balaban J connectivity index is 2.58. The van der Waals surface area contributed by atoms with Gasteiger partial charge < -0.3 is 5.32 Å². The molecule has 96 valence electrons. The smallest absolute Gasteiger partial charge is 0.127 e. The molecule has 1 unspecified atom stereocenters. The molecule has 17 heavy (non-hydrogen) atoms. The number of halogens is 2. The fourth-order valence-corrected chi connectivity index (χ4v) is 2.33. The van der Waals surface area contributed by atoms with Crippen molar-refractivity contribution in [1.82, 2.24) is 5.32 Å². The first kappa shape index (κ1) is 14.5. The van der Waals surface area contributed by atoms with Crippen molar-refractivity contribution in [3.8, 4) is 0 Å². The standard InChI is InChI=1S/C14H21ClFN/c1-3-6-11(17-4-2)9-10-12-13(15)7-5-8-14(12)16/h5,7-8,11,17H,3-4,6,9-10H2,1-2H3. The molecule has 1 aromatic rings. The maximum Gasteiger partial charge on any atom is 0.127 e. The number of hydrogen-bond acceptors (Lipinski definition) is 1. The monoisotopic (exact) mass is 257 g/mol. The number of nitrogens with one attached hydrogen (secondary N) is 1. The van der Waals surface area contributed by atoms with Crippen molar-refractivity contribution in [2.24, 2.45) is 0 Å². The zero-order valence-electron chi connectivity index (χ0n) is 10.6. The molecule has 1 atom stereocenters. The quantitative estimate of drug-likeness (QED) is 0.772. The van der Waals surface area contributed by atoms with Crippen LogP contribution in [0.1, 0.15) is 38.7 Å². The molecule has 3 heteroatoms. The van der Waals surface area contributed by atoms with E-state index < -0.39 is 0 Å². The van der Waals surface area contributed by atoms with Gasteiger partial charge in [0, 0.05) is 16.6 Å². The second-order valence-electron chi connectivity index (χ2n) is 4.28. The van der Waals surface area contributed by atoms with Crippen LogP contribution in [-0.4, -0.2) is 12.6 Å². The molecular formula is C14H21ClFN. The third-order valence-electron chi connectivity index (χ3n) is 2.93. The molecule has 0 aromatic heterocycles. The Kier molecular flexibility index (Phi) is 6.53. The Bertz CT molecular complexity index is 315. The predicted octanol–water partition coefficient (Wildman–Crippen LogP) is 4.19. The van der Waals surface area contributed by atoms with Crippen LogP contribution >= 0.6 is 11.6 Å². The van der Waals surface area contributed by atoms with E-state index in [2.05, 4.69) is 19.2 Å². The first-order valence-electron chi connectivity index (χ1n) is 6.35. The zero-order valence-corrected chi connectivity index (χ0v) is 11.4. The molecular weight excluding hydrogens is 237 g/mol. The van der Waals surface area contributed by atoms with Gasteiger partial charge in [0.15, 0.2) is 0 Å². The molecule has 0 aliphatic carbocycles. The summed E-state index contributed by atoms with van der Waals surface area (Å²) >= 11 is 6.01. The molecule has 0 aliphatic heterocycles. The van der Waals surface area contributed by atoms with Gasteiger partial charge in [0.1, 0.15) is 5.82 Å². The van der Waals surface area contributed by atoms with Crippen molar-refractivity contribution in [2.75, 3.05) is 6.54 Å². The van der Waals surface area contributed by atoms with E-state index in [1.165, 1.54) is 6.07 Å². The Labute approximate surface area is 108 Å². The molecule has 1 aromatic carbocycles. The Morgan fingerprint density at radius 2 is 2.06 bits per heavy atom. The van der Waals surface area contributed by atoms with Crippen LogP contribution in [0.3, 0.4) is 0 Å². The van der Waals surface area contributed by atoms with Gasteiger partial charge >= 0.3 is 0 Å². The van der Waals surface area contributed by atoms with E-state index in [-0.39, 0.29) is 5.82 Å². The van der Waals surface area contributed by atoms with Crippen LogP contribution in [-0.2, 0) is 6.42 Å². The minimum atomic E-state index is -0.191. The van der Waals surface area contributed by atoms with Crippen molar-refractivity contribution in [1.29, 1.82) is 0 Å². The lowest BCUT2D eigenvalue weighted by atomic mass is 10.0. The van der Waals surface area contributed by atoms with Crippen molar-refractivity contribution in [2.45, 2.75) is 45.6 Å². The van der Waals surface area contributed by atoms with Crippen LogP contribution in [0.4, 0.5) is 4.39 Å². The molecule has 0 spiro atoms. The predicted molar refractivity (Wildman–Crippen MR) is 72.1 cm³/mol. The van der Waals surface area contributed by atoms with Crippen LogP contribution in [0.25, 0.3) is 0 Å². The van der Waals surface area contributed by atoms with Crippen LogP contribution in [0.5, 0.6) is 0 Å². The molecule has 0 saturated heterocycles. The van der Waals surface area contributed by atoms with E-state index >= 15 is 0 Å². The number of rotatable bonds is 7. The van der Waals surface area contributed by atoms with E-state index in [9.17, 15) is 4.39 Å². The average molecular weight is 258 g/mol. The van der Waals surface area contributed by atoms with E-state index in [0.717, 1.165) is 25.8 Å². The highest BCUT2D eigenvalue weighted by atomic mass is 35.5. The van der Waals surface area contributed by atoms with E-state index in [1.807, 2.05) is 0 Å². The van der Waals surface area contributed by atoms with E-state index in [4.69, 9.17) is 11.6 Å². The van der Waals surface area contributed by atoms with Crippen LogP contribution in [0.15, 0.2) is 18.2 Å². The van der Waals surface area contributed by atoms with E-state index in [0.29, 0.717) is 23.0 Å². The van der Waals surface area contributed by atoms with Crippen LogP contribution < -0.4 is 5.32 Å². The molecule has 0 aliphatic rings. The summed E-state index contributed by atoms with van der Waals surface area (Å²) in [5.41, 5.74) is 0.646. The Hall–Kier alpha value is -0.600. The van der Waals surface area contributed by atoms with Gasteiger partial charge in [-0.2, -0.15) is 0 Å². The van der Waals surface area contributed by atoms with Gasteiger partial charge in [0.05, 0.1) is 0 Å². The summed E-state index contributed by atoms with van der Waals surface area (Å²) in [6.45, 7) is 5.22. The highest BCUT2D eigenvalue weighted by Crippen LogP contribution is 2.21. The van der Waals surface area contributed by atoms with Gasteiger partial charge in [-0.15, -0.1) is 0 Å². The highest BCUT2D eigenvalue weighted by Gasteiger charge is 2.11. The van der Waals surface area contributed by atoms with Crippen LogP contribution in [0.2, 0.25) is 5.02 Å². The van der Waals surface area contributed by atoms with Crippen LogP contribution in [0, 0.1) is 5.82 Å². The topological polar surface area (TPSA) is 12.0 Å². The summed E-state index contributed by atoms with van der Waals surface area (Å²) in [6.07, 6.45) is 3.90. The maximum absolute atomic E-state index is 13.6. The van der Waals surface area contributed by atoms with E-state index in [1.54, 1.807) is 12.1 Å². The SMILES string of the molecule is CCCC(CCc1c(F)cccc1Cl)NCC. The Morgan fingerprint density at radius 1 is 1.29 bits per heavy atom. The Morgan fingerprint density at radius 3 is 2.65 bits per heavy atom. The van der Waals surface area contributed by atoms with Crippen molar-refractivity contribution in [3.63, 3.8) is 0 Å². The summed E-state index contributed by atoms with van der Waals surface area (Å²) in [5, 5.41) is 3.97. The molecule has 1 N–H and O–H groups in total. The minimum absolute atomic E-state index is 0.191. The van der Waals surface area contributed by atoms with Gasteiger partial charge in [-0.3, -0.25) is 0 Å². The fraction of sp³-hybridized carbons (Fsp3) is 0.571. The molecule has 0 heterocycles. The first-order valence-corrected chi connectivity index (χ1v) is 6.73. The zero-order chi connectivity index (χ0) is 12.7. The largest absolute Gasteiger partial charge is 0.314 e. The van der Waals surface area contributed by atoms with Gasteiger partial charge in [0.2, 0.25) is 0 Å². The molecule has 0 bridgehead atoms. The molecule has 1 nitrogen and oxygen atoms in total. The van der Waals surface area contributed by atoms with Gasteiger partial charge in [-0.25, -0.2) is 4.39 Å². The lowest BCUT2D eigenvalue weighted by Crippen LogP contribution is -2.29. The molecule has 0 amide bonds. The lowest BCUT2D eigenvalue weighted by Gasteiger charge is -2.17. The summed E-state index contributed by atoms with van der Waals surface area (Å²) in [6, 6.07) is 5.33. The summed E-state index contributed by atoms with van der Waals surface area (Å²) < 4.78 is 13.6. The second-order valence-corrected chi connectivity index (χ2v) is 4.69. The first-order chi connectivity index (χ1) is 8.19. The van der Waals surface area contributed by atoms with Crippen molar-refractivity contribution < 1.29 is 4.39 Å². The molecule has 1 rings (SSSR count). The third-order valence-corrected chi connectivity index (χ3v) is 3.29. The highest BCUT2D eigenvalue weighted by molar-refractivity contribution is 6.31. The fourth-order valence-electron chi connectivity index (χ4n) is 2.08. The number of benzene rings is 1. The summed E-state index contributed by atoms with van der Waals surface area (Å²) in [4.78, 5) is 0. The summed E-state index contributed by atoms with van der Waals surface area (Å²) in [5.74, 6) is -0.191. The average Bonchev–Trinajstić information content (AvgIpc) is 2.29. The molecule has 0 radical (unpaired) electrons. The summed E-state index contributed by atoms with van der Waals surface area (Å²) in [7, 11) is 0. The van der Waals surface area contributed by atoms with Gasteiger partial charge in [0.25, 0.3) is 0 Å². The van der Waals surface area contributed by atoms with Gasteiger partial charge in [-0.1, -0.05) is 37.9 Å². The minimum Gasteiger partial charge on any atom is -0.314 e. The second kappa shape index (κ2) is 7.67. The molecule has 0 saturated carbocycles. The van der Waals surface area contributed by atoms with Crippen molar-refractivity contribution in [3.05, 3.63) is 34.6 Å². The lowest BCUT2D eigenvalue weighted by molar-refractivity contribution is 0.455. The van der Waals surface area contributed by atoms with Gasteiger partial charge in [-0.05, 0) is 37.9 Å². The third kappa shape index (κ3) is 4.64.